The smallest absolute Gasteiger partial charge is 0.187 e. The van der Waals surface area contributed by atoms with Crippen LogP contribution in [0.15, 0.2) is 21.6 Å². The molecular weight excluding hydrogens is 140 g/mol. The number of rotatable bonds is 2. The largest absolute Gasteiger partial charge is 0.450 e. The third-order valence-corrected chi connectivity index (χ3v) is 1.28. The molecule has 0 amide bonds. The second-order valence-electron chi connectivity index (χ2n) is 1.47. The van der Waals surface area contributed by atoms with Crippen molar-refractivity contribution in [3.8, 4) is 0 Å². The number of aliphatic hydroxyl groups is 1. The van der Waals surface area contributed by atoms with E-state index in [4.69, 9.17) is 14.1 Å². The first kappa shape index (κ1) is 6.67. The molecule has 9 heavy (non-hydrogen) atoms. The van der Waals surface area contributed by atoms with Crippen molar-refractivity contribution in [2.45, 2.75) is 11.7 Å². The monoisotopic (exact) mass is 146 g/mol. The molecule has 1 aromatic heterocycles. The molecule has 0 fully saturated rings. The highest BCUT2D eigenvalue weighted by Gasteiger charge is 1.97. The Morgan fingerprint density at radius 3 is 2.67 bits per heavy atom. The van der Waals surface area contributed by atoms with Gasteiger partial charge in [0.25, 0.3) is 0 Å². The fraction of sp³-hybridized carbons (Fsp3) is 0.200. The highest BCUT2D eigenvalue weighted by Crippen LogP contribution is 2.16. The Labute approximate surface area is 56.5 Å². The van der Waals surface area contributed by atoms with Gasteiger partial charge in [0, 0.05) is 0 Å². The summed E-state index contributed by atoms with van der Waals surface area (Å²) in [6.45, 7) is -0.124. The summed E-state index contributed by atoms with van der Waals surface area (Å²) < 4.78 is 13.2. The molecule has 2 N–H and O–H groups in total. The lowest BCUT2D eigenvalue weighted by atomic mass is 10.5. The average molecular weight is 146 g/mol. The van der Waals surface area contributed by atoms with E-state index in [2.05, 4.69) is 0 Å². The first-order chi connectivity index (χ1) is 4.36. The van der Waals surface area contributed by atoms with Crippen LogP contribution in [0.25, 0.3) is 0 Å². The van der Waals surface area contributed by atoms with Gasteiger partial charge in [0.1, 0.15) is 12.4 Å². The molecule has 1 heterocycles. The van der Waals surface area contributed by atoms with Gasteiger partial charge in [-0.05, 0) is 12.1 Å². The van der Waals surface area contributed by atoms with E-state index in [1.54, 1.807) is 12.1 Å². The van der Waals surface area contributed by atoms with E-state index in [0.29, 0.717) is 22.9 Å². The summed E-state index contributed by atoms with van der Waals surface area (Å²) in [6.07, 6.45) is 0. The first-order valence-electron chi connectivity index (χ1n) is 2.38. The molecule has 0 bridgehead atoms. The van der Waals surface area contributed by atoms with Crippen LogP contribution in [-0.4, -0.2) is 9.66 Å². The Morgan fingerprint density at radius 1 is 1.56 bits per heavy atom. The van der Waals surface area contributed by atoms with Crippen LogP contribution in [0.4, 0.5) is 0 Å². The van der Waals surface area contributed by atoms with E-state index in [1.165, 1.54) is 0 Å². The van der Waals surface area contributed by atoms with Crippen LogP contribution in [0.3, 0.4) is 0 Å². The van der Waals surface area contributed by atoms with Gasteiger partial charge in [-0.1, -0.05) is 0 Å². The van der Waals surface area contributed by atoms with Crippen molar-refractivity contribution in [3.63, 3.8) is 0 Å². The number of hydrogen-bond acceptors (Lipinski definition) is 4. The van der Waals surface area contributed by atoms with E-state index in [1.807, 2.05) is 0 Å². The maximum Gasteiger partial charge on any atom is 0.187 e. The Morgan fingerprint density at radius 2 is 2.33 bits per heavy atom. The normalized spacial score (nSPS) is 10.0. The second-order valence-corrected chi connectivity index (χ2v) is 2.06. The number of furan rings is 1. The Bertz CT molecular complexity index is 166. The molecule has 0 saturated heterocycles. The van der Waals surface area contributed by atoms with E-state index < -0.39 is 0 Å². The molecule has 0 spiro atoms. The van der Waals surface area contributed by atoms with E-state index in [0.717, 1.165) is 0 Å². The van der Waals surface area contributed by atoms with Crippen LogP contribution in [0.5, 0.6) is 0 Å². The summed E-state index contributed by atoms with van der Waals surface area (Å²) in [5.74, 6) is 0.464. The van der Waals surface area contributed by atoms with Crippen LogP contribution >= 0.6 is 12.0 Å². The van der Waals surface area contributed by atoms with Crippen molar-refractivity contribution >= 4 is 12.0 Å². The lowest BCUT2D eigenvalue weighted by Gasteiger charge is -1.84. The average Bonchev–Trinajstić information content (AvgIpc) is 2.34. The molecule has 0 radical (unpaired) electrons. The molecule has 0 aromatic carbocycles. The van der Waals surface area contributed by atoms with Gasteiger partial charge >= 0.3 is 0 Å². The van der Waals surface area contributed by atoms with Gasteiger partial charge in [-0.2, -0.15) is 0 Å². The molecule has 4 heteroatoms. The first-order valence-corrected chi connectivity index (χ1v) is 3.15. The minimum absolute atomic E-state index is 0.124. The van der Waals surface area contributed by atoms with Crippen LogP contribution in [0.2, 0.25) is 0 Å². The molecule has 3 nitrogen and oxygen atoms in total. The minimum Gasteiger partial charge on any atom is -0.450 e. The number of hydrogen-bond donors (Lipinski definition) is 2. The maximum atomic E-state index is 8.46. The van der Waals surface area contributed by atoms with Crippen LogP contribution in [-0.2, 0) is 6.61 Å². The molecule has 0 aliphatic heterocycles. The zero-order chi connectivity index (χ0) is 6.69. The van der Waals surface area contributed by atoms with E-state index in [9.17, 15) is 0 Å². The molecule has 1 rings (SSSR count). The summed E-state index contributed by atoms with van der Waals surface area (Å²) in [4.78, 5) is 0. The molecule has 0 unspecified atom stereocenters. The van der Waals surface area contributed by atoms with Crippen molar-refractivity contribution in [2.24, 2.45) is 0 Å². The minimum atomic E-state index is -0.124. The van der Waals surface area contributed by atoms with Gasteiger partial charge in [-0.3, -0.25) is 0 Å². The van der Waals surface area contributed by atoms with Crippen molar-refractivity contribution < 1.29 is 14.1 Å². The van der Waals surface area contributed by atoms with Gasteiger partial charge < -0.3 is 14.1 Å². The second kappa shape index (κ2) is 2.91. The van der Waals surface area contributed by atoms with Crippen molar-refractivity contribution in [1.29, 1.82) is 0 Å². The number of aliphatic hydroxyl groups excluding tert-OH is 1. The lowest BCUT2D eigenvalue weighted by molar-refractivity contribution is 0.237. The summed E-state index contributed by atoms with van der Waals surface area (Å²) in [6, 6.07) is 3.20. The molecule has 0 atom stereocenters. The van der Waals surface area contributed by atoms with Crippen molar-refractivity contribution in [3.05, 3.63) is 17.9 Å². The highest BCUT2D eigenvalue weighted by atomic mass is 32.2. The zero-order valence-corrected chi connectivity index (χ0v) is 5.39. The Kier molecular flexibility index (Phi) is 2.16. The van der Waals surface area contributed by atoms with Crippen LogP contribution in [0.1, 0.15) is 5.76 Å². The quantitative estimate of drug-likeness (QED) is 0.618. The van der Waals surface area contributed by atoms with Gasteiger partial charge in [0.05, 0.1) is 12.0 Å². The third kappa shape index (κ3) is 1.48. The summed E-state index contributed by atoms with van der Waals surface area (Å²) >= 11 is 0.527. The van der Waals surface area contributed by atoms with Gasteiger partial charge in [0.2, 0.25) is 0 Å². The topological polar surface area (TPSA) is 53.6 Å². The SMILES string of the molecule is OCc1ccc(SO)o1. The summed E-state index contributed by atoms with van der Waals surface area (Å²) in [7, 11) is 0. The Balaban J connectivity index is 2.74. The highest BCUT2D eigenvalue weighted by molar-refractivity contribution is 7.93. The fourth-order valence-corrected chi connectivity index (χ4v) is 0.765. The van der Waals surface area contributed by atoms with Crippen molar-refractivity contribution in [1.82, 2.24) is 0 Å². The van der Waals surface area contributed by atoms with Crippen LogP contribution < -0.4 is 0 Å². The fourth-order valence-electron chi connectivity index (χ4n) is 0.492. The van der Waals surface area contributed by atoms with E-state index >= 15 is 0 Å². The van der Waals surface area contributed by atoms with Crippen molar-refractivity contribution in [2.75, 3.05) is 0 Å². The molecule has 0 aliphatic carbocycles. The molecule has 50 valence electrons. The molecule has 0 aliphatic rings. The van der Waals surface area contributed by atoms with Gasteiger partial charge in [0.15, 0.2) is 5.09 Å². The van der Waals surface area contributed by atoms with Crippen LogP contribution in [0, 0.1) is 0 Å². The molecular formula is C5H6O3S. The standard InChI is InChI=1S/C5H6O3S/c6-3-4-1-2-5(8-4)9-7/h1-2,6-7H,3H2. The zero-order valence-electron chi connectivity index (χ0n) is 4.57. The molecule has 1 aromatic rings. The summed E-state index contributed by atoms with van der Waals surface area (Å²) in [5.41, 5.74) is 0. The van der Waals surface area contributed by atoms with E-state index in [-0.39, 0.29) is 6.61 Å². The lowest BCUT2D eigenvalue weighted by Crippen LogP contribution is -1.73. The maximum absolute atomic E-state index is 8.46. The predicted molar refractivity (Wildman–Crippen MR) is 33.1 cm³/mol. The third-order valence-electron chi connectivity index (χ3n) is 0.883. The van der Waals surface area contributed by atoms with Gasteiger partial charge in [-0.15, -0.1) is 0 Å². The van der Waals surface area contributed by atoms with Gasteiger partial charge in [-0.25, -0.2) is 0 Å². The summed E-state index contributed by atoms with van der Waals surface area (Å²) in [5, 5.41) is 8.86. The Hall–Kier alpha value is -0.450. The predicted octanol–water partition coefficient (Wildman–Crippen LogP) is 1.34. The molecule has 0 saturated carbocycles.